The number of hydrogen-bond acceptors (Lipinski definition) is 9. The Bertz CT molecular complexity index is 1280. The Morgan fingerprint density at radius 2 is 1.94 bits per heavy atom. The second-order valence-corrected chi connectivity index (χ2v) is 9.47. The van der Waals surface area contributed by atoms with Crippen LogP contribution in [-0.4, -0.2) is 63.0 Å². The lowest BCUT2D eigenvalue weighted by atomic mass is 10.1. The molecule has 0 radical (unpaired) electrons. The minimum absolute atomic E-state index is 0.255. The van der Waals surface area contributed by atoms with Crippen LogP contribution in [0.3, 0.4) is 0 Å². The third-order valence-corrected chi connectivity index (χ3v) is 7.00. The van der Waals surface area contributed by atoms with Gasteiger partial charge in [0, 0.05) is 45.1 Å². The molecule has 34 heavy (non-hydrogen) atoms. The lowest BCUT2D eigenvalue weighted by Gasteiger charge is -2.32. The van der Waals surface area contributed by atoms with Gasteiger partial charge in [0.2, 0.25) is 0 Å². The molecular weight excluding hydrogens is 446 g/mol. The highest BCUT2D eigenvalue weighted by Gasteiger charge is 2.21. The average molecular weight is 472 g/mol. The normalized spacial score (nSPS) is 15.8. The molecule has 0 bridgehead atoms. The molecule has 1 aliphatic rings. The van der Waals surface area contributed by atoms with E-state index in [1.54, 1.807) is 24.7 Å². The minimum Gasteiger partial charge on any atom is -0.459 e. The number of nitrogens with zero attached hydrogens (tertiary/aromatic N) is 7. The number of piperazine rings is 1. The Morgan fingerprint density at radius 1 is 1.09 bits per heavy atom. The summed E-state index contributed by atoms with van der Waals surface area (Å²) in [6.45, 7) is 5.69. The van der Waals surface area contributed by atoms with E-state index >= 15 is 0 Å². The Labute approximate surface area is 202 Å². The first-order chi connectivity index (χ1) is 16.7. The molecule has 1 fully saturated rings. The standard InChI is InChI=1S/C25H25N7OS/c1-31-9-11-32(12-10-31)16-18-3-2-4-19(13-18)17-33-25-28-8-5-21(30-25)20(14-26)24-29-22-15-27-7-6-23(22)34-24/h2-8,13,15,20H,9-12,16-17H2,1H3. The molecule has 9 heteroatoms. The van der Waals surface area contributed by atoms with Crippen LogP contribution in [0.4, 0.5) is 0 Å². The predicted molar refractivity (Wildman–Crippen MR) is 130 cm³/mol. The highest BCUT2D eigenvalue weighted by molar-refractivity contribution is 7.18. The van der Waals surface area contributed by atoms with Gasteiger partial charge in [-0.3, -0.25) is 9.88 Å². The van der Waals surface area contributed by atoms with Crippen LogP contribution in [0.5, 0.6) is 6.01 Å². The highest BCUT2D eigenvalue weighted by atomic mass is 32.1. The van der Waals surface area contributed by atoms with E-state index in [9.17, 15) is 5.26 Å². The summed E-state index contributed by atoms with van der Waals surface area (Å²) in [5, 5.41) is 10.5. The molecule has 1 aromatic carbocycles. The van der Waals surface area contributed by atoms with E-state index in [1.807, 2.05) is 12.1 Å². The van der Waals surface area contributed by atoms with E-state index in [4.69, 9.17) is 4.74 Å². The fourth-order valence-electron chi connectivity index (χ4n) is 3.98. The molecule has 0 aliphatic carbocycles. The Balaban J connectivity index is 1.26. The Morgan fingerprint density at radius 3 is 2.76 bits per heavy atom. The summed E-state index contributed by atoms with van der Waals surface area (Å²) in [5.74, 6) is -0.588. The third-order valence-electron chi connectivity index (χ3n) is 5.89. The SMILES string of the molecule is CN1CCN(Cc2cccc(COc3nccc(C(C#N)c4nc5cnccc5s4)n3)c2)CC1. The fraction of sp³-hybridized carbons (Fsp3) is 0.320. The number of aromatic nitrogens is 4. The third kappa shape index (κ3) is 5.20. The van der Waals surface area contributed by atoms with E-state index in [2.05, 4.69) is 61.1 Å². The molecular formula is C25H25N7OS. The van der Waals surface area contributed by atoms with Crippen LogP contribution in [0.15, 0.2) is 55.0 Å². The number of nitriles is 1. The average Bonchev–Trinajstić information content (AvgIpc) is 3.29. The first-order valence-corrected chi connectivity index (χ1v) is 12.0. The monoisotopic (exact) mass is 471 g/mol. The maximum absolute atomic E-state index is 9.83. The summed E-state index contributed by atoms with van der Waals surface area (Å²) in [4.78, 5) is 22.3. The number of hydrogen-bond donors (Lipinski definition) is 0. The molecule has 0 amide bonds. The van der Waals surface area contributed by atoms with Gasteiger partial charge in [0.1, 0.15) is 17.5 Å². The molecule has 1 atom stereocenters. The van der Waals surface area contributed by atoms with Crippen LogP contribution < -0.4 is 4.74 Å². The number of benzene rings is 1. The van der Waals surface area contributed by atoms with E-state index < -0.39 is 5.92 Å². The number of fused-ring (bicyclic) bond motifs is 1. The van der Waals surface area contributed by atoms with Crippen molar-refractivity contribution in [3.05, 3.63) is 76.8 Å². The van der Waals surface area contributed by atoms with Crippen molar-refractivity contribution >= 4 is 21.6 Å². The van der Waals surface area contributed by atoms with E-state index in [0.717, 1.165) is 48.5 Å². The Kier molecular flexibility index (Phi) is 6.72. The second-order valence-electron chi connectivity index (χ2n) is 8.41. The maximum Gasteiger partial charge on any atom is 0.316 e. The van der Waals surface area contributed by atoms with Gasteiger partial charge in [-0.15, -0.1) is 11.3 Å². The van der Waals surface area contributed by atoms with Crippen molar-refractivity contribution in [3.8, 4) is 12.1 Å². The van der Waals surface area contributed by atoms with Gasteiger partial charge < -0.3 is 9.64 Å². The van der Waals surface area contributed by atoms with Gasteiger partial charge in [0.15, 0.2) is 0 Å². The lowest BCUT2D eigenvalue weighted by molar-refractivity contribution is 0.148. The summed E-state index contributed by atoms with van der Waals surface area (Å²) in [6, 6.07) is 14.7. The topological polar surface area (TPSA) is 91.1 Å². The van der Waals surface area contributed by atoms with Crippen LogP contribution in [-0.2, 0) is 13.2 Å². The van der Waals surface area contributed by atoms with Crippen molar-refractivity contribution in [2.75, 3.05) is 33.2 Å². The summed E-state index contributed by atoms with van der Waals surface area (Å²) >= 11 is 1.48. The van der Waals surface area contributed by atoms with Gasteiger partial charge in [-0.25, -0.2) is 9.97 Å². The van der Waals surface area contributed by atoms with E-state index in [-0.39, 0.29) is 6.01 Å². The lowest BCUT2D eigenvalue weighted by Crippen LogP contribution is -2.43. The summed E-state index contributed by atoms with van der Waals surface area (Å²) in [7, 11) is 2.17. The van der Waals surface area contributed by atoms with Gasteiger partial charge in [0.25, 0.3) is 0 Å². The number of rotatable bonds is 7. The molecule has 1 aliphatic heterocycles. The molecule has 172 valence electrons. The van der Waals surface area contributed by atoms with Crippen LogP contribution in [0.2, 0.25) is 0 Å². The van der Waals surface area contributed by atoms with Crippen LogP contribution in [0.1, 0.15) is 27.7 Å². The molecule has 0 saturated carbocycles. The minimum atomic E-state index is -0.588. The van der Waals surface area contributed by atoms with Crippen molar-refractivity contribution in [3.63, 3.8) is 0 Å². The molecule has 5 rings (SSSR count). The molecule has 0 N–H and O–H groups in total. The van der Waals surface area contributed by atoms with Crippen molar-refractivity contribution < 1.29 is 4.74 Å². The van der Waals surface area contributed by atoms with Crippen molar-refractivity contribution in [1.29, 1.82) is 5.26 Å². The van der Waals surface area contributed by atoms with Gasteiger partial charge in [0.05, 0.1) is 28.2 Å². The van der Waals surface area contributed by atoms with Gasteiger partial charge >= 0.3 is 6.01 Å². The van der Waals surface area contributed by atoms with E-state index in [1.165, 1.54) is 16.9 Å². The van der Waals surface area contributed by atoms with Crippen molar-refractivity contribution in [2.45, 2.75) is 19.1 Å². The van der Waals surface area contributed by atoms with Crippen LogP contribution in [0, 0.1) is 11.3 Å². The second kappa shape index (κ2) is 10.2. The van der Waals surface area contributed by atoms with Gasteiger partial charge in [-0.05, 0) is 30.3 Å². The maximum atomic E-state index is 9.83. The zero-order valence-corrected chi connectivity index (χ0v) is 19.8. The first-order valence-electron chi connectivity index (χ1n) is 11.2. The molecule has 4 heterocycles. The van der Waals surface area contributed by atoms with Gasteiger partial charge in [-0.1, -0.05) is 24.3 Å². The van der Waals surface area contributed by atoms with Crippen molar-refractivity contribution in [2.24, 2.45) is 0 Å². The molecule has 3 aromatic heterocycles. The molecule has 0 spiro atoms. The Hall–Kier alpha value is -3.45. The number of pyridine rings is 1. The van der Waals surface area contributed by atoms with E-state index in [0.29, 0.717) is 17.3 Å². The predicted octanol–water partition coefficient (Wildman–Crippen LogP) is 3.46. The molecule has 8 nitrogen and oxygen atoms in total. The summed E-state index contributed by atoms with van der Waals surface area (Å²) in [5.41, 5.74) is 3.69. The number of ether oxygens (including phenoxy) is 1. The van der Waals surface area contributed by atoms with Gasteiger partial charge in [-0.2, -0.15) is 10.2 Å². The largest absolute Gasteiger partial charge is 0.459 e. The molecule has 1 unspecified atom stereocenters. The highest BCUT2D eigenvalue weighted by Crippen LogP contribution is 2.30. The zero-order chi connectivity index (χ0) is 23.3. The smallest absolute Gasteiger partial charge is 0.316 e. The zero-order valence-electron chi connectivity index (χ0n) is 19.0. The summed E-state index contributed by atoms with van der Waals surface area (Å²) < 4.78 is 6.90. The van der Waals surface area contributed by atoms with Crippen LogP contribution >= 0.6 is 11.3 Å². The van der Waals surface area contributed by atoms with Crippen LogP contribution in [0.25, 0.3) is 10.2 Å². The summed E-state index contributed by atoms with van der Waals surface area (Å²) in [6.07, 6.45) is 5.05. The number of likely N-dealkylation sites (N-methyl/N-ethyl adjacent to an activating group) is 1. The number of thiazole rings is 1. The fourth-order valence-corrected chi connectivity index (χ4v) is 4.98. The van der Waals surface area contributed by atoms with Crippen molar-refractivity contribution in [1.82, 2.24) is 29.7 Å². The molecule has 1 saturated heterocycles. The first kappa shape index (κ1) is 22.3. The quantitative estimate of drug-likeness (QED) is 0.405. The molecule has 4 aromatic rings.